The molecule has 704 valence electrons. The van der Waals surface area contributed by atoms with E-state index in [9.17, 15) is 50.1 Å². The van der Waals surface area contributed by atoms with Crippen molar-refractivity contribution in [2.24, 2.45) is 31.8 Å². The molecule has 0 aromatic heterocycles. The Hall–Kier alpha value is -6.34. The maximum atomic E-state index is 12.6. The van der Waals surface area contributed by atoms with Gasteiger partial charge in [0.1, 0.15) is 117 Å². The number of fused-ring (bicyclic) bond motifs is 4. The summed E-state index contributed by atoms with van der Waals surface area (Å²) >= 11 is 5.38. The van der Waals surface area contributed by atoms with Gasteiger partial charge in [-0.3, -0.25) is 29.8 Å². The zero-order valence-electron chi connectivity index (χ0n) is 78.2. The minimum atomic E-state index is -1.16. The van der Waals surface area contributed by atoms with Crippen LogP contribution in [0.5, 0.6) is 23.0 Å². The molecule has 7 saturated heterocycles. The van der Waals surface area contributed by atoms with Crippen LogP contribution in [-0.2, 0) is 73.1 Å². The Bertz CT molecular complexity index is 4040. The molecule has 4 aromatic rings. The number of carbonyl (C=O) groups excluding carboxylic acids is 3. The number of amides is 2. The van der Waals surface area contributed by atoms with Crippen LogP contribution < -0.4 is 29.6 Å². The maximum Gasteiger partial charge on any atom is 2.00 e. The van der Waals surface area contributed by atoms with Crippen molar-refractivity contribution >= 4 is 109 Å². The molecule has 0 radical (unpaired) electrons. The largest absolute Gasteiger partial charge is 2.00 e. The summed E-state index contributed by atoms with van der Waals surface area (Å²) in [5, 5.41) is 81.8. The Kier molecular flexibility index (Phi) is 44.8. The number of methoxy groups -OCH3 is 4. The Morgan fingerprint density at radius 2 is 0.858 bits per heavy atom. The fourth-order valence-electron chi connectivity index (χ4n) is 14.7. The fraction of sp³-hybridized carbons (Fsp3) is 0.615. The number of hydrogen-bond donors (Lipinski definition) is 9. The molecule has 36 heteroatoms. The van der Waals surface area contributed by atoms with Crippen molar-refractivity contribution in [3.05, 3.63) is 145 Å². The third-order valence-electron chi connectivity index (χ3n) is 21.8. The number of carbonyl (C=O) groups is 3. The number of aldehydes is 1. The third-order valence-corrected chi connectivity index (χ3v) is 26.5. The minimum absolute atomic E-state index is 0. The smallest absolute Gasteiger partial charge is 1.00 e. The van der Waals surface area contributed by atoms with Gasteiger partial charge >= 0.3 is 35.2 Å². The number of benzene rings is 4. The van der Waals surface area contributed by atoms with E-state index >= 15 is 0 Å². The van der Waals surface area contributed by atoms with Crippen LogP contribution in [-0.4, -0.2) is 327 Å². The van der Waals surface area contributed by atoms with E-state index in [-0.39, 0.29) is 83.8 Å². The second kappa shape index (κ2) is 52.8. The number of nitrogens with one attached hydrogen (secondary N) is 2. The van der Waals surface area contributed by atoms with E-state index in [0.717, 1.165) is 65.6 Å². The van der Waals surface area contributed by atoms with Crippen molar-refractivity contribution in [1.82, 2.24) is 20.4 Å². The number of nitrogens with zero attached hydrogens (tertiary/aromatic N) is 6. The average molecular weight is 1860 g/mol. The van der Waals surface area contributed by atoms with E-state index in [4.69, 9.17) is 66.6 Å². The Morgan fingerprint density at radius 3 is 1.17 bits per heavy atom. The first-order chi connectivity index (χ1) is 60.1. The van der Waals surface area contributed by atoms with Gasteiger partial charge in [-0.15, -0.1) is 13.2 Å². The zero-order valence-corrected chi connectivity index (χ0v) is 80.9. The third kappa shape index (κ3) is 31.7. The number of aliphatic hydroxyl groups is 7. The molecule has 0 bridgehead atoms. The molecule has 7 fully saturated rings. The van der Waals surface area contributed by atoms with Gasteiger partial charge in [0.15, 0.2) is 20.7 Å². The standard InChI is InChI=1S/C26H38N2O6S.2C17H24N2O5S.C17H26N2O5S.C10H14O.C4H8O.Mg.2H/c1-8-15-32-22-16(2)21(19(29)14-11-17-9-12-18(31-7)13-10-17)33-23-20(22)27-24(35-23)28(6)25(30)34-26(3,4)5;2*1-18-17-19-12-13(21)14(22)15(24-16(12)25-17)11(20)8-5-9-3-6-10(23-2)7-4-9;1-7-8-22-13-10(2)11(9-20)23-14-12(13)18-15(25-14)19(6)16(21)24-17(3,4)5;1-3-4-9-5-7-10(11-2)8-6-9;1-2-4-5-3-1;;;/h8-10,12-13,16,19-23,29H,1,11,14-15H2,2-7H3;2*3-4,6-7,11-16,20-22H,5,8H2,1-2H3,(H,18,19);7,9-14H,1,8H2,2-6H3;5-8H,3-4H2,1-2H3;1-4H2;;;/q;;;;;;+2;2*-1/t16-,19?,20-,21+,22+,23-;11-,12+,13+,14-,15+,16+;11-,12-,13-,14+,15-,16-;10-,11-,12-,13+,14-;;;;;/m1011...../s1. The topological polar surface area (TPSA) is 393 Å². The van der Waals surface area contributed by atoms with E-state index in [1.165, 1.54) is 81.7 Å². The summed E-state index contributed by atoms with van der Waals surface area (Å²) in [4.78, 5) is 56.4. The van der Waals surface area contributed by atoms with Crippen molar-refractivity contribution in [3.8, 4) is 23.0 Å². The summed E-state index contributed by atoms with van der Waals surface area (Å²) in [6, 6.07) is 29.9. The van der Waals surface area contributed by atoms with Crippen LogP contribution in [0.3, 0.4) is 0 Å². The fourth-order valence-corrected chi connectivity index (χ4v) is 19.3. The molecular formula is C91H136MgN8O23S4. The normalized spacial score (nSPS) is 29.0. The quantitative estimate of drug-likeness (QED) is 0.0169. The van der Waals surface area contributed by atoms with Crippen LogP contribution in [0.2, 0.25) is 0 Å². The molecule has 0 saturated carbocycles. The van der Waals surface area contributed by atoms with Gasteiger partial charge in [0.2, 0.25) is 0 Å². The molecule has 13 rings (SSSR count). The first-order valence-electron chi connectivity index (χ1n) is 42.7. The van der Waals surface area contributed by atoms with E-state index in [0.29, 0.717) is 72.4 Å². The summed E-state index contributed by atoms with van der Waals surface area (Å²) in [6.07, 6.45) is 1.43. The van der Waals surface area contributed by atoms with Crippen LogP contribution in [0, 0.1) is 11.8 Å². The van der Waals surface area contributed by atoms with Gasteiger partial charge in [0, 0.05) is 53.2 Å². The molecule has 1 unspecified atom stereocenters. The Labute approximate surface area is 784 Å². The van der Waals surface area contributed by atoms with E-state index in [1.807, 2.05) is 120 Å². The average Bonchev–Trinajstić information content (AvgIpc) is 1.65. The maximum absolute atomic E-state index is 12.6. The minimum Gasteiger partial charge on any atom is -1.00 e. The van der Waals surface area contributed by atoms with Crippen LogP contribution in [0.4, 0.5) is 9.59 Å². The SMILES string of the molecule is C1CCOC1.C=CCO[C@H]1[C@H](C)[C@@H](C(O)CCc2ccc(OC)cc2)O[C@@H]2SC(N(C)C(=O)OC(C)(C)C)=N[C@H]12.C=CCO[C@H]1[C@H](C)[C@@H](C=O)O[C@@H]2SC(N(C)C(=O)OC(C)(C)C)=N[C@H]12.CCCc1ccc(OC)cc1.CN=C1N[C@@H]2[C@@H](O)[C@H](O)[C@@H]([C@@H](O)CCc3ccc(OC)cc3)O[C@@H]2S1.CN=C1N[C@@H]2[C@@H](O)[C@H](O)[C@@H]([C@H](O)CCc3ccc(OC)cc3)O[C@@H]2S1.[H-].[H-].[Mg+2]. The second-order valence-electron chi connectivity index (χ2n) is 33.4. The van der Waals surface area contributed by atoms with Crippen molar-refractivity contribution in [2.45, 2.75) is 263 Å². The number of rotatable bonds is 25. The number of hydrogen-bond acceptors (Lipinski definition) is 31. The van der Waals surface area contributed by atoms with E-state index in [1.54, 1.807) is 89.6 Å². The molecule has 9 aliphatic rings. The Balaban J connectivity index is 0.000000287. The van der Waals surface area contributed by atoms with Crippen molar-refractivity contribution in [2.75, 3.05) is 83.1 Å². The summed E-state index contributed by atoms with van der Waals surface area (Å²) in [7, 11) is 13.1. The van der Waals surface area contributed by atoms with E-state index in [2.05, 4.69) is 57.8 Å². The van der Waals surface area contributed by atoms with Gasteiger partial charge in [-0.1, -0.05) is 135 Å². The molecule has 0 spiro atoms. The zero-order chi connectivity index (χ0) is 92.1. The molecule has 127 heavy (non-hydrogen) atoms. The molecule has 9 aliphatic heterocycles. The number of amidine groups is 4. The second-order valence-corrected chi connectivity index (χ2v) is 37.7. The molecule has 2 amide bonds. The molecule has 9 heterocycles. The number of aryl methyl sites for hydroxylation is 4. The Morgan fingerprint density at radius 1 is 0.528 bits per heavy atom. The summed E-state index contributed by atoms with van der Waals surface area (Å²) < 4.78 is 72.2. The van der Waals surface area contributed by atoms with Gasteiger partial charge in [0.05, 0.1) is 90.4 Å². The van der Waals surface area contributed by atoms with Gasteiger partial charge in [-0.25, -0.2) is 9.59 Å². The van der Waals surface area contributed by atoms with Gasteiger partial charge in [-0.05, 0) is 170 Å². The summed E-state index contributed by atoms with van der Waals surface area (Å²) in [5.74, 6) is 3.04. The summed E-state index contributed by atoms with van der Waals surface area (Å²) in [5.41, 5.74) is 1.91. The van der Waals surface area contributed by atoms with Gasteiger partial charge in [-0.2, -0.15) is 0 Å². The number of aliphatic imine (C=N–C) groups is 4. The van der Waals surface area contributed by atoms with Gasteiger partial charge < -0.3 is 116 Å². The molecule has 9 N–H and O–H groups in total. The van der Waals surface area contributed by atoms with E-state index < -0.39 is 103 Å². The van der Waals surface area contributed by atoms with Crippen LogP contribution in [0.15, 0.2) is 142 Å². The molecule has 4 aromatic carbocycles. The number of thioether (sulfide) groups is 4. The molecule has 23 atom stereocenters. The predicted octanol–water partition coefficient (Wildman–Crippen LogP) is 10.3. The molecule has 31 nitrogen and oxygen atoms in total. The molecule has 0 aliphatic carbocycles. The first kappa shape index (κ1) is 108. The van der Waals surface area contributed by atoms with Crippen LogP contribution in [0.1, 0.15) is 126 Å². The first-order valence-corrected chi connectivity index (χ1v) is 46.3. The van der Waals surface area contributed by atoms with Crippen LogP contribution in [0.25, 0.3) is 0 Å². The van der Waals surface area contributed by atoms with Crippen molar-refractivity contribution < 1.29 is 115 Å². The predicted molar refractivity (Wildman–Crippen MR) is 501 cm³/mol. The van der Waals surface area contributed by atoms with Crippen molar-refractivity contribution in [1.29, 1.82) is 0 Å². The summed E-state index contributed by atoms with van der Waals surface area (Å²) in [6.45, 7) is 27.1. The van der Waals surface area contributed by atoms with Gasteiger partial charge in [0.25, 0.3) is 0 Å². The monoisotopic (exact) mass is 1860 g/mol. The van der Waals surface area contributed by atoms with Crippen LogP contribution >= 0.6 is 47.0 Å². The number of aliphatic hydroxyl groups excluding tert-OH is 7. The molecular weight excluding hydrogens is 1730 g/mol. The van der Waals surface area contributed by atoms with Crippen molar-refractivity contribution in [3.63, 3.8) is 0 Å². The number of ether oxygens (including phenoxy) is 13.